The average Bonchev–Trinajstić information content (AvgIpc) is 3.11. The third-order valence-electron chi connectivity index (χ3n) is 3.77. The van der Waals surface area contributed by atoms with Gasteiger partial charge in [0.25, 0.3) is 0 Å². The van der Waals surface area contributed by atoms with Crippen LogP contribution in [0.25, 0.3) is 27.7 Å². The molecule has 0 atom stereocenters. The summed E-state index contributed by atoms with van der Waals surface area (Å²) in [6, 6.07) is 1.51. The smallest absolute Gasteiger partial charge is 0.341 e. The number of carboxylic acids is 1. The van der Waals surface area contributed by atoms with Crippen LogP contribution in [-0.4, -0.2) is 40.0 Å². The molecule has 0 aliphatic rings. The molecule has 27 heavy (non-hydrogen) atoms. The van der Waals surface area contributed by atoms with Gasteiger partial charge in [0, 0.05) is 30.1 Å². The molecule has 1 N–H and O–H groups in total. The molecule has 0 fully saturated rings. The van der Waals surface area contributed by atoms with Crippen molar-refractivity contribution in [3.63, 3.8) is 0 Å². The first-order valence-electron chi connectivity index (χ1n) is 7.52. The van der Waals surface area contributed by atoms with Crippen LogP contribution < -0.4 is 5.43 Å². The van der Waals surface area contributed by atoms with Crippen molar-refractivity contribution in [3.8, 4) is 16.6 Å². The van der Waals surface area contributed by atoms with Crippen molar-refractivity contribution in [3.05, 3.63) is 57.4 Å². The van der Waals surface area contributed by atoms with Gasteiger partial charge >= 0.3 is 5.97 Å². The van der Waals surface area contributed by atoms with Crippen LogP contribution in [0.1, 0.15) is 15.9 Å². The van der Waals surface area contributed by atoms with Gasteiger partial charge < -0.3 is 5.11 Å². The number of fused-ring (bicyclic) bond motifs is 1. The second-order valence-corrected chi connectivity index (χ2v) is 6.62. The number of aryl methyl sites for hydroxylation is 1. The van der Waals surface area contributed by atoms with E-state index in [0.29, 0.717) is 22.2 Å². The monoisotopic (exact) mass is 400 g/mol. The molecular weight excluding hydrogens is 392 g/mol. The summed E-state index contributed by atoms with van der Waals surface area (Å²) in [5.41, 5.74) is 0.161. The van der Waals surface area contributed by atoms with E-state index in [4.69, 9.17) is 11.6 Å². The fourth-order valence-corrected chi connectivity index (χ4v) is 3.49. The van der Waals surface area contributed by atoms with E-state index >= 15 is 0 Å². The second-order valence-electron chi connectivity index (χ2n) is 5.50. The Balaban J connectivity index is 2.02. The van der Waals surface area contributed by atoms with Crippen LogP contribution in [0.4, 0.5) is 0 Å². The fraction of sp³-hybridized carbons (Fsp3) is 0.0625. The van der Waals surface area contributed by atoms with Gasteiger partial charge in [-0.25, -0.2) is 14.8 Å². The lowest BCUT2D eigenvalue weighted by atomic mass is 10.1. The first-order chi connectivity index (χ1) is 13.0. The Bertz CT molecular complexity index is 1250. The highest BCUT2D eigenvalue weighted by Gasteiger charge is 2.20. The normalized spacial score (nSPS) is 11.0. The van der Waals surface area contributed by atoms with Gasteiger partial charge in [-0.1, -0.05) is 11.6 Å². The minimum atomic E-state index is -1.34. The summed E-state index contributed by atoms with van der Waals surface area (Å²) in [5, 5.41) is 10.1. The van der Waals surface area contributed by atoms with E-state index in [0.717, 1.165) is 11.5 Å². The maximum Gasteiger partial charge on any atom is 0.341 e. The third kappa shape index (κ3) is 2.94. The molecule has 0 aliphatic carbocycles. The molecule has 11 heteroatoms. The highest BCUT2D eigenvalue weighted by atomic mass is 35.5. The van der Waals surface area contributed by atoms with Crippen LogP contribution in [0.15, 0.2) is 35.6 Å². The third-order valence-corrected chi connectivity index (χ3v) is 4.68. The predicted octanol–water partition coefficient (Wildman–Crippen LogP) is 2.35. The number of rotatable bonds is 3. The van der Waals surface area contributed by atoms with E-state index < -0.39 is 17.0 Å². The number of nitrogens with zero attached hydrogens (tertiary/aromatic N) is 6. The summed E-state index contributed by atoms with van der Waals surface area (Å²) in [4.78, 5) is 40.8. The van der Waals surface area contributed by atoms with E-state index in [-0.39, 0.29) is 16.2 Å². The van der Waals surface area contributed by atoms with Crippen molar-refractivity contribution in [2.24, 2.45) is 0 Å². The highest BCUT2D eigenvalue weighted by molar-refractivity contribution is 7.08. The first kappa shape index (κ1) is 17.2. The molecule has 0 aromatic carbocycles. The summed E-state index contributed by atoms with van der Waals surface area (Å²) < 4.78 is 5.63. The molecule has 0 bridgehead atoms. The minimum Gasteiger partial charge on any atom is -0.477 e. The molecule has 0 radical (unpaired) electrons. The van der Waals surface area contributed by atoms with E-state index in [1.807, 2.05) is 0 Å². The molecule has 9 nitrogen and oxygen atoms in total. The van der Waals surface area contributed by atoms with Gasteiger partial charge in [0.2, 0.25) is 10.6 Å². The minimum absolute atomic E-state index is 0.163. The average molecular weight is 401 g/mol. The van der Waals surface area contributed by atoms with E-state index in [9.17, 15) is 14.7 Å². The lowest BCUT2D eigenvalue weighted by Gasteiger charge is -2.10. The number of halogens is 1. The second kappa shape index (κ2) is 6.49. The van der Waals surface area contributed by atoms with E-state index in [1.54, 1.807) is 6.92 Å². The molecule has 4 heterocycles. The van der Waals surface area contributed by atoms with Crippen molar-refractivity contribution in [2.45, 2.75) is 6.92 Å². The Morgan fingerprint density at radius 3 is 2.81 bits per heavy atom. The number of hydrogen-bond acceptors (Lipinski definition) is 8. The maximum atomic E-state index is 12.6. The first-order valence-corrected chi connectivity index (χ1v) is 8.67. The van der Waals surface area contributed by atoms with E-state index in [2.05, 4.69) is 24.3 Å². The van der Waals surface area contributed by atoms with Crippen LogP contribution >= 0.6 is 23.1 Å². The number of aromatic nitrogens is 6. The Labute approximate surface area is 160 Å². The summed E-state index contributed by atoms with van der Waals surface area (Å²) in [6.45, 7) is 1.67. The molecule has 0 saturated carbocycles. The molecule has 0 aliphatic heterocycles. The SMILES string of the molecule is Cc1cc(Cl)nc2c1c(=O)c(C(=O)O)cn2-c1nc(-c2cnccn2)ns1. The van der Waals surface area contributed by atoms with Gasteiger partial charge in [-0.05, 0) is 18.6 Å². The zero-order valence-corrected chi connectivity index (χ0v) is 15.2. The molecular formula is C16H9ClN6O3S. The predicted molar refractivity (Wildman–Crippen MR) is 98.5 cm³/mol. The topological polar surface area (TPSA) is 124 Å². The quantitative estimate of drug-likeness (QED) is 0.519. The van der Waals surface area contributed by atoms with Crippen molar-refractivity contribution in [2.75, 3.05) is 0 Å². The molecule has 0 spiro atoms. The standard InChI is InChI=1S/C16H9ClN6O3S/c1-7-4-10(17)20-14-11(7)12(24)8(15(25)26)6-23(14)16-21-13(22-27-16)9-5-18-2-3-19-9/h2-6H,1H3,(H,25,26). The number of hydrogen-bond donors (Lipinski definition) is 1. The van der Waals surface area contributed by atoms with Crippen molar-refractivity contribution < 1.29 is 9.90 Å². The Kier molecular flexibility index (Phi) is 4.13. The molecule has 134 valence electrons. The van der Waals surface area contributed by atoms with Crippen LogP contribution in [0.2, 0.25) is 5.15 Å². The number of carbonyl (C=O) groups is 1. The highest BCUT2D eigenvalue weighted by Crippen LogP contribution is 2.24. The Hall–Kier alpha value is -3.24. The van der Waals surface area contributed by atoms with Crippen LogP contribution in [-0.2, 0) is 0 Å². The number of pyridine rings is 2. The zero-order chi connectivity index (χ0) is 19.1. The zero-order valence-electron chi connectivity index (χ0n) is 13.6. The molecule has 4 rings (SSSR count). The lowest BCUT2D eigenvalue weighted by Crippen LogP contribution is -2.20. The van der Waals surface area contributed by atoms with Gasteiger partial charge in [0.1, 0.15) is 16.4 Å². The summed E-state index contributed by atoms with van der Waals surface area (Å²) >= 11 is 7.05. The van der Waals surface area contributed by atoms with Gasteiger partial charge in [0.15, 0.2) is 11.5 Å². The van der Waals surface area contributed by atoms with Gasteiger partial charge in [-0.15, -0.1) is 0 Å². The molecule has 0 saturated heterocycles. The molecule has 4 aromatic heterocycles. The number of carboxylic acid groups (broad SMARTS) is 1. The Morgan fingerprint density at radius 1 is 1.30 bits per heavy atom. The van der Waals surface area contributed by atoms with Crippen LogP contribution in [0.5, 0.6) is 0 Å². The van der Waals surface area contributed by atoms with E-state index in [1.165, 1.54) is 35.4 Å². The molecule has 0 amide bonds. The lowest BCUT2D eigenvalue weighted by molar-refractivity contribution is 0.0695. The largest absolute Gasteiger partial charge is 0.477 e. The summed E-state index contributed by atoms with van der Waals surface area (Å²) in [6.07, 6.45) is 5.73. The van der Waals surface area contributed by atoms with Gasteiger partial charge in [-0.3, -0.25) is 14.3 Å². The van der Waals surface area contributed by atoms with Crippen LogP contribution in [0, 0.1) is 6.92 Å². The maximum absolute atomic E-state index is 12.6. The molecule has 4 aromatic rings. The number of aromatic carboxylic acids is 1. The fourth-order valence-electron chi connectivity index (χ4n) is 2.59. The van der Waals surface area contributed by atoms with Crippen molar-refractivity contribution in [1.82, 2.24) is 28.9 Å². The Morgan fingerprint density at radius 2 is 2.11 bits per heavy atom. The van der Waals surface area contributed by atoms with Gasteiger partial charge in [0.05, 0.1) is 11.6 Å². The molecule has 0 unspecified atom stereocenters. The summed E-state index contributed by atoms with van der Waals surface area (Å²) in [7, 11) is 0. The van der Waals surface area contributed by atoms with Crippen molar-refractivity contribution in [1.29, 1.82) is 0 Å². The summed E-state index contributed by atoms with van der Waals surface area (Å²) in [5.74, 6) is -1.02. The van der Waals surface area contributed by atoms with Crippen molar-refractivity contribution >= 4 is 40.1 Å². The van der Waals surface area contributed by atoms with Crippen LogP contribution in [0.3, 0.4) is 0 Å². The van der Waals surface area contributed by atoms with Gasteiger partial charge in [-0.2, -0.15) is 9.36 Å².